The number of benzene rings is 2. The first kappa shape index (κ1) is 15.6. The lowest BCUT2D eigenvalue weighted by Gasteiger charge is -2.21. The molecule has 1 unspecified atom stereocenters. The van der Waals surface area contributed by atoms with E-state index in [1.807, 2.05) is 30.3 Å². The molecule has 0 saturated carbocycles. The maximum absolute atomic E-state index is 13.6. The standard InChI is InChI=1S/C17H18FNOS/c1-19(12-14-9-5-6-10-15(14)18)17(20)16(21)11-13-7-3-2-4-8-13/h2-10,16,21H,11-12H2,1H3. The topological polar surface area (TPSA) is 20.3 Å². The molecule has 2 aromatic rings. The summed E-state index contributed by atoms with van der Waals surface area (Å²) in [7, 11) is 1.67. The molecule has 0 spiro atoms. The fraction of sp³-hybridized carbons (Fsp3) is 0.235. The number of nitrogens with zero attached hydrogens (tertiary/aromatic N) is 1. The Balaban J connectivity index is 1.97. The SMILES string of the molecule is CN(Cc1ccccc1F)C(=O)C(S)Cc1ccccc1. The third-order valence-corrected chi connectivity index (χ3v) is 3.70. The average Bonchev–Trinajstić information content (AvgIpc) is 2.49. The minimum absolute atomic E-state index is 0.106. The number of rotatable bonds is 5. The summed E-state index contributed by atoms with van der Waals surface area (Å²) < 4.78 is 13.6. The van der Waals surface area contributed by atoms with Crippen LogP contribution in [0.15, 0.2) is 54.6 Å². The summed E-state index contributed by atoms with van der Waals surface area (Å²) in [5.41, 5.74) is 1.57. The molecule has 4 heteroatoms. The second-order valence-corrected chi connectivity index (χ2v) is 5.61. The summed E-state index contributed by atoms with van der Waals surface area (Å²) in [4.78, 5) is 13.8. The number of thiol groups is 1. The Bertz CT molecular complexity index is 603. The Morgan fingerprint density at radius 1 is 1.14 bits per heavy atom. The van der Waals surface area contributed by atoms with Gasteiger partial charge in [0.05, 0.1) is 5.25 Å². The van der Waals surface area contributed by atoms with E-state index < -0.39 is 5.25 Å². The van der Waals surface area contributed by atoms with Crippen molar-refractivity contribution in [2.24, 2.45) is 0 Å². The van der Waals surface area contributed by atoms with Crippen LogP contribution in [0.3, 0.4) is 0 Å². The zero-order valence-corrected chi connectivity index (χ0v) is 12.8. The molecule has 1 atom stereocenters. The molecule has 0 radical (unpaired) electrons. The van der Waals surface area contributed by atoms with Crippen LogP contribution in [0, 0.1) is 5.82 Å². The van der Waals surface area contributed by atoms with E-state index in [1.165, 1.54) is 11.0 Å². The highest BCUT2D eigenvalue weighted by atomic mass is 32.1. The Morgan fingerprint density at radius 2 is 1.76 bits per heavy atom. The minimum atomic E-state index is -0.427. The summed E-state index contributed by atoms with van der Waals surface area (Å²) >= 11 is 4.38. The fourth-order valence-corrected chi connectivity index (χ4v) is 2.55. The summed E-state index contributed by atoms with van der Waals surface area (Å²) in [6.45, 7) is 0.247. The van der Waals surface area contributed by atoms with E-state index in [1.54, 1.807) is 25.2 Å². The van der Waals surface area contributed by atoms with Crippen LogP contribution in [0.5, 0.6) is 0 Å². The van der Waals surface area contributed by atoms with Gasteiger partial charge < -0.3 is 4.90 Å². The van der Waals surface area contributed by atoms with E-state index in [4.69, 9.17) is 0 Å². The predicted octanol–water partition coefficient (Wildman–Crippen LogP) is 3.33. The van der Waals surface area contributed by atoms with Crippen molar-refractivity contribution in [1.82, 2.24) is 4.90 Å². The van der Waals surface area contributed by atoms with Crippen molar-refractivity contribution in [3.8, 4) is 0 Å². The van der Waals surface area contributed by atoms with Gasteiger partial charge in [0.25, 0.3) is 0 Å². The molecule has 0 N–H and O–H groups in total. The Hall–Kier alpha value is -1.81. The first-order valence-corrected chi connectivity index (χ1v) is 7.30. The first-order chi connectivity index (χ1) is 10.1. The number of carbonyl (C=O) groups is 1. The van der Waals surface area contributed by atoms with Gasteiger partial charge >= 0.3 is 0 Å². The molecule has 0 saturated heterocycles. The van der Waals surface area contributed by atoms with Crippen LogP contribution in [-0.4, -0.2) is 23.1 Å². The van der Waals surface area contributed by atoms with Gasteiger partial charge in [0.15, 0.2) is 0 Å². The van der Waals surface area contributed by atoms with Crippen molar-refractivity contribution in [3.05, 3.63) is 71.5 Å². The van der Waals surface area contributed by atoms with Gasteiger partial charge in [-0.05, 0) is 18.1 Å². The summed E-state index contributed by atoms with van der Waals surface area (Å²) in [5.74, 6) is -0.402. The normalized spacial score (nSPS) is 12.0. The molecule has 0 aliphatic heterocycles. The Kier molecular flexibility index (Phi) is 5.39. The number of halogens is 1. The predicted molar refractivity (Wildman–Crippen MR) is 85.8 cm³/mol. The van der Waals surface area contributed by atoms with Gasteiger partial charge in [-0.3, -0.25) is 4.79 Å². The molecule has 1 amide bonds. The largest absolute Gasteiger partial charge is 0.340 e. The Morgan fingerprint density at radius 3 is 2.43 bits per heavy atom. The Labute approximate surface area is 130 Å². The van der Waals surface area contributed by atoms with Crippen molar-refractivity contribution >= 4 is 18.5 Å². The molecule has 0 fully saturated rings. The lowest BCUT2D eigenvalue weighted by molar-refractivity contribution is -0.129. The average molecular weight is 303 g/mol. The summed E-state index contributed by atoms with van der Waals surface area (Å²) in [6.07, 6.45) is 0.560. The van der Waals surface area contributed by atoms with Crippen molar-refractivity contribution in [2.45, 2.75) is 18.2 Å². The lowest BCUT2D eigenvalue weighted by atomic mass is 10.1. The maximum Gasteiger partial charge on any atom is 0.235 e. The molecule has 0 heterocycles. The molecule has 0 aliphatic rings. The van der Waals surface area contributed by atoms with Crippen LogP contribution in [-0.2, 0) is 17.8 Å². The molecular weight excluding hydrogens is 285 g/mol. The zero-order chi connectivity index (χ0) is 15.2. The van der Waals surface area contributed by atoms with Crippen LogP contribution in [0.4, 0.5) is 4.39 Å². The van der Waals surface area contributed by atoms with E-state index in [-0.39, 0.29) is 18.3 Å². The molecular formula is C17H18FNOS. The first-order valence-electron chi connectivity index (χ1n) is 6.78. The summed E-state index contributed by atoms with van der Waals surface area (Å²) in [5, 5.41) is -0.427. The molecule has 2 rings (SSSR count). The second-order valence-electron chi connectivity index (χ2n) is 4.99. The molecule has 0 aromatic heterocycles. The van der Waals surface area contributed by atoms with Gasteiger partial charge in [-0.25, -0.2) is 4.39 Å². The quantitative estimate of drug-likeness (QED) is 0.840. The lowest BCUT2D eigenvalue weighted by Crippen LogP contribution is -2.34. The van der Waals surface area contributed by atoms with E-state index in [2.05, 4.69) is 12.6 Å². The van der Waals surface area contributed by atoms with Gasteiger partial charge in [-0.2, -0.15) is 12.6 Å². The van der Waals surface area contributed by atoms with Crippen molar-refractivity contribution < 1.29 is 9.18 Å². The highest BCUT2D eigenvalue weighted by Gasteiger charge is 2.19. The molecule has 2 nitrogen and oxygen atoms in total. The number of hydrogen-bond donors (Lipinski definition) is 1. The van der Waals surface area contributed by atoms with Crippen LogP contribution in [0.25, 0.3) is 0 Å². The molecule has 21 heavy (non-hydrogen) atoms. The second kappa shape index (κ2) is 7.27. The van der Waals surface area contributed by atoms with Crippen molar-refractivity contribution in [1.29, 1.82) is 0 Å². The zero-order valence-electron chi connectivity index (χ0n) is 11.9. The van der Waals surface area contributed by atoms with E-state index in [9.17, 15) is 9.18 Å². The molecule has 110 valence electrons. The van der Waals surface area contributed by atoms with E-state index in [0.717, 1.165) is 5.56 Å². The van der Waals surface area contributed by atoms with Gasteiger partial charge in [-0.1, -0.05) is 48.5 Å². The van der Waals surface area contributed by atoms with E-state index >= 15 is 0 Å². The van der Waals surface area contributed by atoms with Crippen LogP contribution in [0.2, 0.25) is 0 Å². The highest BCUT2D eigenvalue weighted by Crippen LogP contribution is 2.13. The maximum atomic E-state index is 13.6. The number of hydrogen-bond acceptors (Lipinski definition) is 2. The minimum Gasteiger partial charge on any atom is -0.340 e. The van der Waals surface area contributed by atoms with Crippen molar-refractivity contribution in [3.63, 3.8) is 0 Å². The van der Waals surface area contributed by atoms with Crippen molar-refractivity contribution in [2.75, 3.05) is 7.05 Å². The van der Waals surface area contributed by atoms with Gasteiger partial charge in [0, 0.05) is 19.2 Å². The molecule has 2 aromatic carbocycles. The number of carbonyl (C=O) groups excluding carboxylic acids is 1. The highest BCUT2D eigenvalue weighted by molar-refractivity contribution is 7.81. The fourth-order valence-electron chi connectivity index (χ4n) is 2.14. The van der Waals surface area contributed by atoms with E-state index in [0.29, 0.717) is 12.0 Å². The third kappa shape index (κ3) is 4.33. The third-order valence-electron chi connectivity index (χ3n) is 3.30. The molecule has 0 aliphatic carbocycles. The van der Waals surface area contributed by atoms with Gasteiger partial charge in [0.2, 0.25) is 5.91 Å². The summed E-state index contributed by atoms with van der Waals surface area (Å²) in [6, 6.07) is 16.2. The van der Waals surface area contributed by atoms with Crippen LogP contribution < -0.4 is 0 Å². The van der Waals surface area contributed by atoms with Gasteiger partial charge in [-0.15, -0.1) is 0 Å². The molecule has 0 bridgehead atoms. The van der Waals surface area contributed by atoms with Gasteiger partial charge in [0.1, 0.15) is 5.82 Å². The smallest absolute Gasteiger partial charge is 0.235 e. The monoisotopic (exact) mass is 303 g/mol. The number of amides is 1. The van der Waals surface area contributed by atoms with Crippen LogP contribution >= 0.6 is 12.6 Å². The van der Waals surface area contributed by atoms with Crippen LogP contribution in [0.1, 0.15) is 11.1 Å².